The van der Waals surface area contributed by atoms with E-state index in [1.54, 1.807) is 0 Å². The van der Waals surface area contributed by atoms with Crippen LogP contribution < -0.4 is 0 Å². The average Bonchev–Trinajstić information content (AvgIpc) is 2.34. The molecule has 0 atom stereocenters. The Labute approximate surface area is 70.2 Å². The highest BCUT2D eigenvalue weighted by molar-refractivity contribution is 7.09. The molecule has 0 amide bonds. The predicted octanol–water partition coefficient (Wildman–Crippen LogP) is 2.06. The van der Waals surface area contributed by atoms with Crippen molar-refractivity contribution >= 4 is 17.4 Å². The molecular weight excluding hydrogens is 158 g/mol. The molecule has 0 radical (unpaired) electrons. The van der Waals surface area contributed by atoms with Crippen LogP contribution in [0, 0.1) is 0 Å². The fourth-order valence-corrected chi connectivity index (χ4v) is 1.37. The molecule has 0 aliphatic heterocycles. The second kappa shape index (κ2) is 3.64. The number of nitrogens with zero attached hydrogens (tertiary/aromatic N) is 1. The average molecular weight is 169 g/mol. The summed E-state index contributed by atoms with van der Waals surface area (Å²) in [6, 6.07) is 0. The molecule has 0 saturated carbocycles. The lowest BCUT2D eigenvalue weighted by molar-refractivity contribution is 0.281. The number of rotatable bonds is 2. The second-order valence-electron chi connectivity index (χ2n) is 2.55. The predicted molar refractivity (Wildman–Crippen MR) is 47.4 cm³/mol. The summed E-state index contributed by atoms with van der Waals surface area (Å²) in [5, 5.41) is 11.4. The van der Waals surface area contributed by atoms with Gasteiger partial charge in [-0.1, -0.05) is 5.57 Å². The van der Waals surface area contributed by atoms with E-state index < -0.39 is 0 Å². The van der Waals surface area contributed by atoms with Gasteiger partial charge in [-0.2, -0.15) is 0 Å². The molecule has 0 saturated heterocycles. The summed E-state index contributed by atoms with van der Waals surface area (Å²) < 4.78 is 0. The largest absolute Gasteiger partial charge is 0.389 e. The molecule has 2 nitrogen and oxygen atoms in total. The minimum absolute atomic E-state index is 0.0429. The number of thiazole rings is 1. The van der Waals surface area contributed by atoms with Crippen molar-refractivity contribution in [3.05, 3.63) is 21.7 Å². The normalized spacial score (nSPS) is 9.73. The van der Waals surface area contributed by atoms with Crippen LogP contribution in [-0.2, 0) is 6.61 Å². The molecule has 0 spiro atoms. The summed E-state index contributed by atoms with van der Waals surface area (Å²) in [6.45, 7) is 4.09. The monoisotopic (exact) mass is 169 g/mol. The standard InChI is InChI=1S/C8H11NOS/c1-6(2)3-7-5-11-8(4-10)9-7/h3,5,10H,4H2,1-2H3. The number of aliphatic hydroxyl groups excluding tert-OH is 1. The summed E-state index contributed by atoms with van der Waals surface area (Å²) in [4.78, 5) is 4.16. The Hall–Kier alpha value is -0.670. The van der Waals surface area contributed by atoms with Crippen molar-refractivity contribution in [3.8, 4) is 0 Å². The van der Waals surface area contributed by atoms with Gasteiger partial charge in [0.05, 0.1) is 12.3 Å². The first-order chi connectivity index (χ1) is 5.22. The first-order valence-electron chi connectivity index (χ1n) is 3.42. The molecule has 1 N–H and O–H groups in total. The third-order valence-corrected chi connectivity index (χ3v) is 1.99. The smallest absolute Gasteiger partial charge is 0.119 e. The fourth-order valence-electron chi connectivity index (χ4n) is 0.760. The highest BCUT2D eigenvalue weighted by Crippen LogP contribution is 2.12. The van der Waals surface area contributed by atoms with Gasteiger partial charge < -0.3 is 5.11 Å². The Morgan fingerprint density at radius 2 is 2.45 bits per heavy atom. The van der Waals surface area contributed by atoms with Crippen molar-refractivity contribution in [1.29, 1.82) is 0 Å². The third kappa shape index (κ3) is 2.44. The van der Waals surface area contributed by atoms with Crippen molar-refractivity contribution in [3.63, 3.8) is 0 Å². The molecule has 0 fully saturated rings. The van der Waals surface area contributed by atoms with Gasteiger partial charge in [-0.3, -0.25) is 0 Å². The van der Waals surface area contributed by atoms with Gasteiger partial charge >= 0.3 is 0 Å². The quantitative estimate of drug-likeness (QED) is 0.735. The van der Waals surface area contributed by atoms with E-state index in [-0.39, 0.29) is 6.61 Å². The van der Waals surface area contributed by atoms with Crippen LogP contribution in [0.4, 0.5) is 0 Å². The van der Waals surface area contributed by atoms with Gasteiger partial charge in [0, 0.05) is 5.38 Å². The fraction of sp³-hybridized carbons (Fsp3) is 0.375. The van der Waals surface area contributed by atoms with E-state index >= 15 is 0 Å². The zero-order valence-corrected chi connectivity index (χ0v) is 7.48. The lowest BCUT2D eigenvalue weighted by Crippen LogP contribution is -1.80. The highest BCUT2D eigenvalue weighted by atomic mass is 32.1. The summed E-state index contributed by atoms with van der Waals surface area (Å²) in [5.74, 6) is 0. The summed E-state index contributed by atoms with van der Waals surface area (Å²) in [7, 11) is 0. The van der Waals surface area contributed by atoms with Crippen molar-refractivity contribution in [2.75, 3.05) is 0 Å². The number of aromatic nitrogens is 1. The molecule has 3 heteroatoms. The van der Waals surface area contributed by atoms with Crippen LogP contribution in [0.3, 0.4) is 0 Å². The number of allylic oxidation sites excluding steroid dienone is 1. The topological polar surface area (TPSA) is 33.1 Å². The van der Waals surface area contributed by atoms with Gasteiger partial charge in [-0.15, -0.1) is 11.3 Å². The minimum Gasteiger partial charge on any atom is -0.389 e. The zero-order valence-electron chi connectivity index (χ0n) is 6.66. The Morgan fingerprint density at radius 3 is 2.91 bits per heavy atom. The molecule has 0 aromatic carbocycles. The third-order valence-electron chi connectivity index (χ3n) is 1.14. The van der Waals surface area contributed by atoms with E-state index in [2.05, 4.69) is 4.98 Å². The maximum Gasteiger partial charge on any atom is 0.119 e. The number of hydrogen-bond acceptors (Lipinski definition) is 3. The van der Waals surface area contributed by atoms with E-state index in [1.165, 1.54) is 16.9 Å². The van der Waals surface area contributed by atoms with Crippen LogP contribution in [0.15, 0.2) is 11.0 Å². The molecule has 1 rings (SSSR count). The molecule has 0 aliphatic carbocycles. The SMILES string of the molecule is CC(C)=Cc1csc(CO)n1. The van der Waals surface area contributed by atoms with Crippen molar-refractivity contribution in [1.82, 2.24) is 4.98 Å². The molecule has 1 aromatic rings. The van der Waals surface area contributed by atoms with E-state index in [0.717, 1.165) is 10.7 Å². The van der Waals surface area contributed by atoms with Crippen LogP contribution in [0.25, 0.3) is 6.08 Å². The molecular formula is C8H11NOS. The lowest BCUT2D eigenvalue weighted by Gasteiger charge is -1.85. The first kappa shape index (κ1) is 8.43. The van der Waals surface area contributed by atoms with Crippen LogP contribution in [0.1, 0.15) is 24.5 Å². The molecule has 60 valence electrons. The maximum atomic E-state index is 8.71. The lowest BCUT2D eigenvalue weighted by atomic mass is 10.3. The summed E-state index contributed by atoms with van der Waals surface area (Å²) in [5.41, 5.74) is 2.17. The van der Waals surface area contributed by atoms with Crippen LogP contribution in [0.2, 0.25) is 0 Å². The molecule has 1 aromatic heterocycles. The van der Waals surface area contributed by atoms with Crippen molar-refractivity contribution in [2.24, 2.45) is 0 Å². The Kier molecular flexibility index (Phi) is 2.79. The van der Waals surface area contributed by atoms with Gasteiger partial charge in [0.2, 0.25) is 0 Å². The van der Waals surface area contributed by atoms with E-state index in [0.29, 0.717) is 0 Å². The van der Waals surface area contributed by atoms with Crippen LogP contribution in [-0.4, -0.2) is 10.1 Å². The van der Waals surface area contributed by atoms with Crippen molar-refractivity contribution in [2.45, 2.75) is 20.5 Å². The molecule has 0 bridgehead atoms. The van der Waals surface area contributed by atoms with Gasteiger partial charge in [-0.25, -0.2) is 4.98 Å². The van der Waals surface area contributed by atoms with Gasteiger partial charge in [-0.05, 0) is 19.9 Å². The number of hydrogen-bond donors (Lipinski definition) is 1. The Morgan fingerprint density at radius 1 is 1.73 bits per heavy atom. The molecule has 0 aliphatic rings. The van der Waals surface area contributed by atoms with Crippen LogP contribution in [0.5, 0.6) is 0 Å². The second-order valence-corrected chi connectivity index (χ2v) is 3.49. The zero-order chi connectivity index (χ0) is 8.27. The highest BCUT2D eigenvalue weighted by Gasteiger charge is 1.96. The molecule has 1 heterocycles. The Bertz CT molecular complexity index is 261. The van der Waals surface area contributed by atoms with Gasteiger partial charge in [0.25, 0.3) is 0 Å². The number of aliphatic hydroxyl groups is 1. The van der Waals surface area contributed by atoms with E-state index in [1.807, 2.05) is 25.3 Å². The first-order valence-corrected chi connectivity index (χ1v) is 4.30. The molecule has 11 heavy (non-hydrogen) atoms. The Balaban J connectivity index is 2.81. The van der Waals surface area contributed by atoms with Gasteiger partial charge in [0.1, 0.15) is 5.01 Å². The summed E-state index contributed by atoms with van der Waals surface area (Å²) >= 11 is 1.49. The van der Waals surface area contributed by atoms with E-state index in [9.17, 15) is 0 Å². The van der Waals surface area contributed by atoms with E-state index in [4.69, 9.17) is 5.11 Å². The summed E-state index contributed by atoms with van der Waals surface area (Å²) in [6.07, 6.45) is 2.00. The minimum atomic E-state index is 0.0429. The molecule has 0 unspecified atom stereocenters. The van der Waals surface area contributed by atoms with Crippen molar-refractivity contribution < 1.29 is 5.11 Å². The van der Waals surface area contributed by atoms with Crippen LogP contribution >= 0.6 is 11.3 Å². The maximum absolute atomic E-state index is 8.71. The van der Waals surface area contributed by atoms with Gasteiger partial charge in [0.15, 0.2) is 0 Å².